The zero-order chi connectivity index (χ0) is 17.6. The van der Waals surface area contributed by atoms with Gasteiger partial charge in [0.1, 0.15) is 0 Å². The van der Waals surface area contributed by atoms with E-state index in [0.29, 0.717) is 0 Å². The lowest BCUT2D eigenvalue weighted by Gasteiger charge is -2.14. The third kappa shape index (κ3) is 10.9. The maximum Gasteiger partial charge on any atom is 0.306 e. The van der Waals surface area contributed by atoms with Gasteiger partial charge in [-0.25, -0.2) is 0 Å². The molecule has 0 aliphatic heterocycles. The Labute approximate surface area is 149 Å². The summed E-state index contributed by atoms with van der Waals surface area (Å²) in [5.41, 5.74) is 0. The number of carbonyl (C=O) groups is 1. The molecule has 1 N–H and O–H groups in total. The van der Waals surface area contributed by atoms with Crippen molar-refractivity contribution in [2.75, 3.05) is 20.6 Å². The second kappa shape index (κ2) is 13.5. The van der Waals surface area contributed by atoms with E-state index >= 15 is 0 Å². The van der Waals surface area contributed by atoms with Crippen LogP contribution in [0, 0.1) is 11.8 Å². The van der Waals surface area contributed by atoms with Crippen LogP contribution < -0.4 is 0 Å². The Morgan fingerprint density at radius 1 is 1.04 bits per heavy atom. The van der Waals surface area contributed by atoms with Crippen LogP contribution in [0.1, 0.15) is 83.5 Å². The molecule has 0 aromatic rings. The normalized spacial score (nSPS) is 18.4. The number of hydrogen-bond acceptors (Lipinski definition) is 2. The lowest BCUT2D eigenvalue weighted by molar-refractivity contribution is -0.142. The number of hydrogen-bond donors (Lipinski definition) is 1. The van der Waals surface area contributed by atoms with Gasteiger partial charge in [-0.3, -0.25) is 4.79 Å². The van der Waals surface area contributed by atoms with Crippen LogP contribution in [0.5, 0.6) is 0 Å². The highest BCUT2D eigenvalue weighted by atomic mass is 16.4. The topological polar surface area (TPSA) is 40.5 Å². The monoisotopic (exact) mass is 337 g/mol. The molecule has 0 spiro atoms. The van der Waals surface area contributed by atoms with E-state index in [2.05, 4.69) is 17.1 Å². The Balaban J connectivity index is 1.91. The molecule has 0 aromatic carbocycles. The molecule has 2 atom stereocenters. The summed E-state index contributed by atoms with van der Waals surface area (Å²) in [6.45, 7) is 0.987. The van der Waals surface area contributed by atoms with Crippen molar-refractivity contribution in [3.63, 3.8) is 0 Å². The minimum absolute atomic E-state index is 0.135. The second-order valence-electron chi connectivity index (χ2n) is 7.80. The molecule has 24 heavy (non-hydrogen) atoms. The van der Waals surface area contributed by atoms with Crippen LogP contribution in [0.3, 0.4) is 0 Å². The summed E-state index contributed by atoms with van der Waals surface area (Å²) in [7, 11) is 4.08. The van der Waals surface area contributed by atoms with E-state index in [-0.39, 0.29) is 5.92 Å². The number of rotatable bonds is 15. The lowest BCUT2D eigenvalue weighted by atomic mass is 9.95. The van der Waals surface area contributed by atoms with Gasteiger partial charge in [0, 0.05) is 0 Å². The first-order chi connectivity index (χ1) is 11.6. The predicted molar refractivity (Wildman–Crippen MR) is 102 cm³/mol. The molecule has 3 heteroatoms. The van der Waals surface area contributed by atoms with Gasteiger partial charge in [0.15, 0.2) is 0 Å². The van der Waals surface area contributed by atoms with Crippen LogP contribution in [-0.2, 0) is 4.79 Å². The highest BCUT2D eigenvalue weighted by Crippen LogP contribution is 2.23. The second-order valence-corrected chi connectivity index (χ2v) is 7.80. The number of allylic oxidation sites excluding steroid dienone is 2. The van der Waals surface area contributed by atoms with E-state index in [0.717, 1.165) is 38.1 Å². The molecule has 0 aromatic heterocycles. The molecule has 0 saturated heterocycles. The summed E-state index contributed by atoms with van der Waals surface area (Å²) in [5, 5.41) is 9.31. The molecule has 0 radical (unpaired) electrons. The summed E-state index contributed by atoms with van der Waals surface area (Å²) >= 11 is 0. The minimum Gasteiger partial charge on any atom is -0.481 e. The van der Waals surface area contributed by atoms with Gasteiger partial charge in [0.25, 0.3) is 0 Å². The van der Waals surface area contributed by atoms with Crippen LogP contribution in [0.2, 0.25) is 0 Å². The lowest BCUT2D eigenvalue weighted by Crippen LogP contribution is -2.18. The zero-order valence-electron chi connectivity index (χ0n) is 16.0. The molecular weight excluding hydrogens is 298 g/mol. The maximum atomic E-state index is 11.3. The fourth-order valence-corrected chi connectivity index (χ4v) is 3.66. The zero-order valence-corrected chi connectivity index (χ0v) is 16.0. The van der Waals surface area contributed by atoms with Gasteiger partial charge in [-0.15, -0.1) is 0 Å². The van der Waals surface area contributed by atoms with Crippen molar-refractivity contribution in [2.24, 2.45) is 11.8 Å². The van der Waals surface area contributed by atoms with Crippen molar-refractivity contribution in [1.82, 2.24) is 4.90 Å². The predicted octanol–water partition coefficient (Wildman–Crippen LogP) is 5.51. The van der Waals surface area contributed by atoms with Crippen molar-refractivity contribution in [1.29, 1.82) is 0 Å². The van der Waals surface area contributed by atoms with E-state index in [1.807, 2.05) is 14.1 Å². The molecule has 1 rings (SSSR count). The Hall–Kier alpha value is -0.830. The first-order valence-electron chi connectivity index (χ1n) is 10.1. The van der Waals surface area contributed by atoms with Crippen molar-refractivity contribution in [3.8, 4) is 0 Å². The van der Waals surface area contributed by atoms with Gasteiger partial charge in [0.2, 0.25) is 0 Å². The molecule has 0 bridgehead atoms. The highest BCUT2D eigenvalue weighted by molar-refractivity contribution is 5.69. The fourth-order valence-electron chi connectivity index (χ4n) is 3.66. The van der Waals surface area contributed by atoms with Crippen molar-refractivity contribution in [3.05, 3.63) is 12.2 Å². The molecule has 0 saturated carbocycles. The van der Waals surface area contributed by atoms with E-state index in [9.17, 15) is 9.90 Å². The molecule has 1 aliphatic carbocycles. The summed E-state index contributed by atoms with van der Waals surface area (Å²) in [4.78, 5) is 13.4. The first-order valence-corrected chi connectivity index (χ1v) is 10.1. The van der Waals surface area contributed by atoms with Gasteiger partial charge in [-0.05, 0) is 65.1 Å². The third-order valence-electron chi connectivity index (χ3n) is 5.25. The molecule has 1 aliphatic rings. The van der Waals surface area contributed by atoms with Gasteiger partial charge in [-0.2, -0.15) is 0 Å². The summed E-state index contributed by atoms with van der Waals surface area (Å²) in [6, 6.07) is 0. The number of carboxylic acid groups (broad SMARTS) is 1. The van der Waals surface area contributed by atoms with Gasteiger partial charge >= 0.3 is 5.97 Å². The fraction of sp³-hybridized carbons (Fsp3) is 0.857. The van der Waals surface area contributed by atoms with Crippen LogP contribution in [0.25, 0.3) is 0 Å². The Morgan fingerprint density at radius 2 is 1.67 bits per heavy atom. The van der Waals surface area contributed by atoms with Crippen LogP contribution in [0.15, 0.2) is 12.2 Å². The van der Waals surface area contributed by atoms with Crippen LogP contribution in [-0.4, -0.2) is 36.6 Å². The van der Waals surface area contributed by atoms with E-state index in [1.54, 1.807) is 0 Å². The number of nitrogens with zero attached hydrogens (tertiary/aromatic N) is 1. The molecule has 0 fully saturated rings. The Bertz CT molecular complexity index is 352. The quantitative estimate of drug-likeness (QED) is 0.316. The first kappa shape index (κ1) is 21.2. The average Bonchev–Trinajstić information content (AvgIpc) is 3.04. The van der Waals surface area contributed by atoms with Crippen molar-refractivity contribution < 1.29 is 9.90 Å². The van der Waals surface area contributed by atoms with Gasteiger partial charge in [0.05, 0.1) is 5.92 Å². The Morgan fingerprint density at radius 3 is 2.25 bits per heavy atom. The van der Waals surface area contributed by atoms with Gasteiger partial charge < -0.3 is 10.0 Å². The number of carboxylic acids is 1. The van der Waals surface area contributed by atoms with Gasteiger partial charge in [-0.1, -0.05) is 57.1 Å². The molecule has 0 heterocycles. The third-order valence-corrected chi connectivity index (χ3v) is 5.25. The largest absolute Gasteiger partial charge is 0.481 e. The summed E-state index contributed by atoms with van der Waals surface area (Å²) < 4.78 is 0. The number of aliphatic carboxylic acids is 1. The van der Waals surface area contributed by atoms with Crippen LogP contribution >= 0.6 is 0 Å². The highest BCUT2D eigenvalue weighted by Gasteiger charge is 2.16. The number of unbranched alkanes of at least 4 members (excludes halogenated alkanes) is 6. The summed E-state index contributed by atoms with van der Waals surface area (Å²) in [5.74, 6) is 0.129. The van der Waals surface area contributed by atoms with Crippen molar-refractivity contribution in [2.45, 2.75) is 83.5 Å². The molecule has 0 amide bonds. The maximum absolute atomic E-state index is 11.3. The average molecular weight is 338 g/mol. The molecule has 3 nitrogen and oxygen atoms in total. The SMILES string of the molecule is CN(C)CCCC(CCCCCCCCC[C@H]1C=CCC1)C(=O)O. The van der Waals surface area contributed by atoms with E-state index < -0.39 is 5.97 Å². The molecule has 140 valence electrons. The van der Waals surface area contributed by atoms with E-state index in [4.69, 9.17) is 0 Å². The van der Waals surface area contributed by atoms with Crippen LogP contribution in [0.4, 0.5) is 0 Å². The smallest absolute Gasteiger partial charge is 0.306 e. The molecule has 1 unspecified atom stereocenters. The van der Waals surface area contributed by atoms with Crippen molar-refractivity contribution >= 4 is 5.97 Å². The minimum atomic E-state index is -0.602. The standard InChI is InChI=1S/C21H39NO2/c1-22(2)18-12-17-20(21(23)24)16-9-7-5-3-4-6-8-13-19-14-10-11-15-19/h10,14,19-20H,3-9,11-13,15-18H2,1-2H3,(H,23,24)/t19-,20?/m0/s1. The Kier molecular flexibility index (Phi) is 11.9. The van der Waals surface area contributed by atoms with E-state index in [1.165, 1.54) is 57.8 Å². The summed E-state index contributed by atoms with van der Waals surface area (Å²) in [6.07, 6.45) is 20.4. The molecular formula is C21H39NO2.